The molecule has 0 rings (SSSR count). The van der Waals surface area contributed by atoms with Gasteiger partial charge in [-0.05, 0) is 38.5 Å². The Labute approximate surface area is 302 Å². The Kier molecular flexibility index (Phi) is 31.8. The van der Waals surface area contributed by atoms with E-state index in [2.05, 4.69) is 43.5 Å². The Hall–Kier alpha value is -1.28. The molecule has 0 aromatic rings. The number of nitrogens with zero attached hydrogens (tertiary/aromatic N) is 1. The molecular formula is C40H77N2O6P. The Bertz CT molecular complexity index is 902. The van der Waals surface area contributed by atoms with Crippen molar-refractivity contribution in [2.75, 3.05) is 40.9 Å². The summed E-state index contributed by atoms with van der Waals surface area (Å²) >= 11 is 0. The first-order chi connectivity index (χ1) is 23.5. The van der Waals surface area contributed by atoms with Gasteiger partial charge in [0, 0.05) is 6.42 Å². The summed E-state index contributed by atoms with van der Waals surface area (Å²) in [7, 11) is 1.23. The normalized spacial score (nSPS) is 15.0. The highest BCUT2D eigenvalue weighted by Gasteiger charge is 2.23. The second kappa shape index (κ2) is 32.6. The maximum Gasteiger partial charge on any atom is 0.268 e. The molecule has 8 nitrogen and oxygen atoms in total. The molecule has 0 spiro atoms. The van der Waals surface area contributed by atoms with E-state index in [1.165, 1.54) is 89.9 Å². The van der Waals surface area contributed by atoms with Crippen LogP contribution in [0.1, 0.15) is 162 Å². The predicted molar refractivity (Wildman–Crippen MR) is 205 cm³/mol. The third-order valence-electron chi connectivity index (χ3n) is 8.58. The van der Waals surface area contributed by atoms with E-state index >= 15 is 0 Å². The molecule has 0 fully saturated rings. The molecule has 0 heterocycles. The van der Waals surface area contributed by atoms with Crippen LogP contribution >= 0.6 is 7.82 Å². The van der Waals surface area contributed by atoms with Crippen molar-refractivity contribution >= 4 is 13.7 Å². The Morgan fingerprint density at radius 1 is 0.694 bits per heavy atom. The Balaban J connectivity index is 4.54. The average molecular weight is 713 g/mol. The van der Waals surface area contributed by atoms with Crippen molar-refractivity contribution in [3.05, 3.63) is 36.5 Å². The first kappa shape index (κ1) is 47.7. The van der Waals surface area contributed by atoms with Crippen LogP contribution in [0.3, 0.4) is 0 Å². The number of carbonyl (C=O) groups is 1. The highest BCUT2D eigenvalue weighted by molar-refractivity contribution is 7.45. The number of phosphoric acid groups is 1. The fraction of sp³-hybridized carbons (Fsp3) is 0.825. The number of likely N-dealkylation sites (N-methyl/N-ethyl adjacent to an activating group) is 1. The van der Waals surface area contributed by atoms with Crippen LogP contribution in [0.5, 0.6) is 0 Å². The van der Waals surface area contributed by atoms with Gasteiger partial charge in [-0.3, -0.25) is 9.36 Å². The number of amides is 1. The largest absolute Gasteiger partial charge is 0.756 e. The SMILES string of the molecule is CCCC/C=C/CC/C=C/CC/C=C/C(O)C(COP(=O)([O-])OCC[N+](C)(C)C)NC(=O)CCCCCCCCCCCCCCCCC. The molecule has 1 amide bonds. The van der Waals surface area contributed by atoms with Crippen LogP contribution in [0.4, 0.5) is 0 Å². The molecule has 0 aliphatic heterocycles. The van der Waals surface area contributed by atoms with Gasteiger partial charge in [-0.15, -0.1) is 0 Å². The fourth-order valence-corrected chi connectivity index (χ4v) is 6.07. The number of rotatable bonds is 35. The van der Waals surface area contributed by atoms with Crippen LogP contribution in [-0.4, -0.2) is 68.5 Å². The van der Waals surface area contributed by atoms with E-state index in [9.17, 15) is 19.4 Å². The summed E-state index contributed by atoms with van der Waals surface area (Å²) in [6.07, 6.45) is 37.6. The van der Waals surface area contributed by atoms with Crippen LogP contribution in [0.15, 0.2) is 36.5 Å². The molecule has 0 aromatic heterocycles. The van der Waals surface area contributed by atoms with Crippen molar-refractivity contribution in [2.24, 2.45) is 0 Å². The number of quaternary nitrogens is 1. The monoisotopic (exact) mass is 713 g/mol. The van der Waals surface area contributed by atoms with Crippen LogP contribution in [0, 0.1) is 0 Å². The molecule has 0 aliphatic rings. The highest BCUT2D eigenvalue weighted by atomic mass is 31.2. The minimum Gasteiger partial charge on any atom is -0.756 e. The van der Waals surface area contributed by atoms with Gasteiger partial charge in [0.25, 0.3) is 7.82 Å². The lowest BCUT2D eigenvalue weighted by Gasteiger charge is -2.29. The zero-order valence-corrected chi connectivity index (χ0v) is 33.3. The van der Waals surface area contributed by atoms with E-state index in [4.69, 9.17) is 9.05 Å². The van der Waals surface area contributed by atoms with E-state index in [0.717, 1.165) is 51.4 Å². The summed E-state index contributed by atoms with van der Waals surface area (Å²) in [5.74, 6) is -0.214. The number of hydrogen-bond donors (Lipinski definition) is 2. The molecule has 0 aliphatic carbocycles. The van der Waals surface area contributed by atoms with Crippen molar-refractivity contribution < 1.29 is 32.9 Å². The van der Waals surface area contributed by atoms with Crippen LogP contribution in [0.25, 0.3) is 0 Å². The van der Waals surface area contributed by atoms with Gasteiger partial charge in [0.1, 0.15) is 13.2 Å². The number of hydrogen-bond acceptors (Lipinski definition) is 6. The minimum absolute atomic E-state index is 0.00832. The van der Waals surface area contributed by atoms with Crippen LogP contribution in [-0.2, 0) is 18.4 Å². The van der Waals surface area contributed by atoms with Gasteiger partial charge in [-0.1, -0.05) is 153 Å². The molecule has 0 radical (unpaired) electrons. The summed E-state index contributed by atoms with van der Waals surface area (Å²) in [6.45, 7) is 4.55. The quantitative estimate of drug-likeness (QED) is 0.0293. The summed E-state index contributed by atoms with van der Waals surface area (Å²) in [4.78, 5) is 25.2. The molecule has 0 bridgehead atoms. The molecule has 288 valence electrons. The molecule has 3 atom stereocenters. The van der Waals surface area contributed by atoms with E-state index in [1.54, 1.807) is 6.08 Å². The van der Waals surface area contributed by atoms with Crippen LogP contribution in [0.2, 0.25) is 0 Å². The topological polar surface area (TPSA) is 108 Å². The molecule has 0 saturated carbocycles. The number of aliphatic hydroxyl groups excluding tert-OH is 1. The fourth-order valence-electron chi connectivity index (χ4n) is 5.34. The zero-order chi connectivity index (χ0) is 36.5. The van der Waals surface area contributed by atoms with Crippen molar-refractivity contribution in [3.63, 3.8) is 0 Å². The minimum atomic E-state index is -4.59. The van der Waals surface area contributed by atoms with Gasteiger partial charge in [0.05, 0.1) is 39.9 Å². The summed E-state index contributed by atoms with van der Waals surface area (Å²) in [5, 5.41) is 13.7. The Morgan fingerprint density at radius 3 is 1.63 bits per heavy atom. The third-order valence-corrected chi connectivity index (χ3v) is 9.54. The second-order valence-corrected chi connectivity index (χ2v) is 16.0. The van der Waals surface area contributed by atoms with Gasteiger partial charge in [-0.25, -0.2) is 0 Å². The lowest BCUT2D eigenvalue weighted by atomic mass is 10.0. The molecule has 3 unspecified atom stereocenters. The Morgan fingerprint density at radius 2 is 1.14 bits per heavy atom. The lowest BCUT2D eigenvalue weighted by molar-refractivity contribution is -0.870. The number of allylic oxidation sites excluding steroid dienone is 5. The molecule has 0 saturated heterocycles. The van der Waals surface area contributed by atoms with Crippen molar-refractivity contribution in [2.45, 2.75) is 174 Å². The van der Waals surface area contributed by atoms with Gasteiger partial charge < -0.3 is 28.8 Å². The molecule has 2 N–H and O–H groups in total. The standard InChI is InChI=1S/C40H77N2O6P/c1-6-8-10-12-14-16-18-20-21-22-24-26-28-30-32-34-40(44)41-38(37-48-49(45,46)47-36-35-42(3,4)5)39(43)33-31-29-27-25-23-19-17-15-13-11-9-7-2/h13,15,23,25,31,33,38-39,43H,6-12,14,16-22,24,26-30,32,34-37H2,1-5H3,(H-,41,44,45,46)/b15-13+,25-23+,33-31+. The van der Waals surface area contributed by atoms with Gasteiger partial charge in [0.2, 0.25) is 5.91 Å². The van der Waals surface area contributed by atoms with Gasteiger partial charge in [-0.2, -0.15) is 0 Å². The third kappa shape index (κ3) is 34.9. The van der Waals surface area contributed by atoms with Gasteiger partial charge in [0.15, 0.2) is 0 Å². The van der Waals surface area contributed by atoms with Crippen LogP contribution < -0.4 is 10.2 Å². The smallest absolute Gasteiger partial charge is 0.268 e. The second-order valence-electron chi connectivity index (χ2n) is 14.6. The highest BCUT2D eigenvalue weighted by Crippen LogP contribution is 2.38. The lowest BCUT2D eigenvalue weighted by Crippen LogP contribution is -2.45. The number of carbonyl (C=O) groups excluding carboxylic acids is 1. The van der Waals surface area contributed by atoms with Crippen molar-refractivity contribution in [1.29, 1.82) is 0 Å². The van der Waals surface area contributed by atoms with Crippen molar-refractivity contribution in [3.8, 4) is 0 Å². The molecule has 9 heteroatoms. The molecule has 49 heavy (non-hydrogen) atoms. The first-order valence-electron chi connectivity index (χ1n) is 19.9. The number of unbranched alkanes of at least 4 members (excludes halogenated alkanes) is 18. The summed E-state index contributed by atoms with van der Waals surface area (Å²) in [5.41, 5.74) is 0. The van der Waals surface area contributed by atoms with Gasteiger partial charge >= 0.3 is 0 Å². The van der Waals surface area contributed by atoms with Crippen molar-refractivity contribution in [1.82, 2.24) is 5.32 Å². The van der Waals surface area contributed by atoms with E-state index < -0.39 is 26.6 Å². The number of aliphatic hydroxyl groups is 1. The van der Waals surface area contributed by atoms with E-state index in [-0.39, 0.29) is 12.5 Å². The van der Waals surface area contributed by atoms with E-state index in [1.807, 2.05) is 27.2 Å². The summed E-state index contributed by atoms with van der Waals surface area (Å²) in [6, 6.07) is -0.903. The zero-order valence-electron chi connectivity index (χ0n) is 32.4. The number of nitrogens with one attached hydrogen (secondary N) is 1. The summed E-state index contributed by atoms with van der Waals surface area (Å²) < 4.78 is 23.1. The predicted octanol–water partition coefficient (Wildman–Crippen LogP) is 9.72. The number of phosphoric ester groups is 1. The maximum atomic E-state index is 12.8. The van der Waals surface area contributed by atoms with E-state index in [0.29, 0.717) is 17.4 Å². The maximum absolute atomic E-state index is 12.8. The molecular weight excluding hydrogens is 635 g/mol. The first-order valence-corrected chi connectivity index (χ1v) is 21.3. The molecule has 0 aromatic carbocycles. The average Bonchev–Trinajstić information content (AvgIpc) is 3.04.